The number of hydrogen-bond donors (Lipinski definition) is 2. The van der Waals surface area contributed by atoms with E-state index < -0.39 is 0 Å². The van der Waals surface area contributed by atoms with Gasteiger partial charge in [0.2, 0.25) is 0 Å². The molecule has 0 radical (unpaired) electrons. The second-order valence-corrected chi connectivity index (χ2v) is 7.65. The van der Waals surface area contributed by atoms with Crippen molar-refractivity contribution in [1.29, 1.82) is 0 Å². The van der Waals surface area contributed by atoms with Gasteiger partial charge in [-0.15, -0.1) is 0 Å². The minimum Gasteiger partial charge on any atom is -0.355 e. The van der Waals surface area contributed by atoms with Crippen LogP contribution in [-0.2, 0) is 0 Å². The van der Waals surface area contributed by atoms with E-state index in [0.29, 0.717) is 16.1 Å². The van der Waals surface area contributed by atoms with Gasteiger partial charge in [-0.3, -0.25) is 9.89 Å². The molecule has 2 atom stereocenters. The van der Waals surface area contributed by atoms with Crippen LogP contribution in [0, 0.1) is 0 Å². The molecule has 0 saturated carbocycles. The fourth-order valence-corrected chi connectivity index (χ4v) is 3.80. The van der Waals surface area contributed by atoms with Crippen LogP contribution in [0.1, 0.15) is 32.4 Å². The lowest BCUT2D eigenvalue weighted by Crippen LogP contribution is -2.53. The number of hydrogen-bond acceptors (Lipinski definition) is 3. The first-order valence-electron chi connectivity index (χ1n) is 9.33. The quantitative estimate of drug-likeness (QED) is 0.568. The van der Waals surface area contributed by atoms with E-state index in [9.17, 15) is 0 Å². The van der Waals surface area contributed by atoms with Gasteiger partial charge >= 0.3 is 0 Å². The summed E-state index contributed by atoms with van der Waals surface area (Å²) in [5, 5.41) is 8.15. The molecule has 1 aliphatic rings. The summed E-state index contributed by atoms with van der Waals surface area (Å²) in [5.74, 6) is 0.780. The second kappa shape index (κ2) is 10.4. The first-order valence-corrected chi connectivity index (χ1v) is 10.1. The van der Waals surface area contributed by atoms with E-state index in [2.05, 4.69) is 46.2 Å². The smallest absolute Gasteiger partial charge is 0.191 e. The lowest BCUT2D eigenvalue weighted by Gasteiger charge is -2.37. The van der Waals surface area contributed by atoms with Crippen molar-refractivity contribution in [1.82, 2.24) is 20.4 Å². The number of rotatable bonds is 6. The number of halogens is 2. The molecule has 1 fully saturated rings. The zero-order valence-corrected chi connectivity index (χ0v) is 17.7. The predicted octanol–water partition coefficient (Wildman–Crippen LogP) is 3.25. The number of aliphatic imine (C=N–C) groups is 1. The van der Waals surface area contributed by atoms with Crippen molar-refractivity contribution in [2.75, 3.05) is 46.3 Å². The monoisotopic (exact) mass is 399 g/mol. The molecule has 0 amide bonds. The van der Waals surface area contributed by atoms with Gasteiger partial charge in [-0.25, -0.2) is 0 Å². The molecule has 1 heterocycles. The third-order valence-corrected chi connectivity index (χ3v) is 5.61. The Morgan fingerprint density at radius 3 is 2.46 bits per heavy atom. The van der Waals surface area contributed by atoms with E-state index in [1.165, 1.54) is 0 Å². The maximum absolute atomic E-state index is 6.31. The lowest BCUT2D eigenvalue weighted by molar-refractivity contribution is 0.107. The summed E-state index contributed by atoms with van der Waals surface area (Å²) in [6.07, 6.45) is 0. The van der Waals surface area contributed by atoms with Gasteiger partial charge < -0.3 is 15.5 Å². The van der Waals surface area contributed by atoms with Crippen LogP contribution in [0.2, 0.25) is 10.0 Å². The highest BCUT2D eigenvalue weighted by Crippen LogP contribution is 2.25. The maximum atomic E-state index is 6.31. The predicted molar refractivity (Wildman–Crippen MR) is 113 cm³/mol. The van der Waals surface area contributed by atoms with Gasteiger partial charge in [0.1, 0.15) is 0 Å². The summed E-state index contributed by atoms with van der Waals surface area (Å²) in [4.78, 5) is 9.37. The van der Waals surface area contributed by atoms with Crippen molar-refractivity contribution < 1.29 is 0 Å². The normalized spacial score (nSPS) is 19.2. The second-order valence-electron chi connectivity index (χ2n) is 6.80. The molecule has 1 aliphatic heterocycles. The van der Waals surface area contributed by atoms with E-state index in [1.807, 2.05) is 12.1 Å². The third kappa shape index (κ3) is 6.02. The van der Waals surface area contributed by atoms with Crippen LogP contribution < -0.4 is 10.6 Å². The standard InChI is InChI=1S/C19H31Cl2N5/c1-5-25-8-10-26(11-9-25)14(2)13-23-19(22-4)24-15(3)17-7-6-16(20)12-18(17)21/h6-7,12,14-15H,5,8-11,13H2,1-4H3,(H2,22,23,24). The van der Waals surface area contributed by atoms with Crippen molar-refractivity contribution in [3.05, 3.63) is 33.8 Å². The number of benzene rings is 1. The minimum atomic E-state index is 0.0365. The maximum Gasteiger partial charge on any atom is 0.191 e. The Morgan fingerprint density at radius 2 is 1.88 bits per heavy atom. The average molecular weight is 400 g/mol. The molecule has 0 aliphatic carbocycles. The molecular formula is C19H31Cl2N5. The van der Waals surface area contributed by atoms with Gasteiger partial charge in [0, 0.05) is 55.9 Å². The molecule has 146 valence electrons. The molecule has 2 rings (SSSR count). The average Bonchev–Trinajstić information content (AvgIpc) is 2.64. The summed E-state index contributed by atoms with van der Waals surface area (Å²) in [6.45, 7) is 13.1. The molecule has 1 aromatic rings. The number of likely N-dealkylation sites (N-methyl/N-ethyl adjacent to an activating group) is 1. The van der Waals surface area contributed by atoms with E-state index in [-0.39, 0.29) is 6.04 Å². The first kappa shape index (κ1) is 21.3. The van der Waals surface area contributed by atoms with Crippen LogP contribution in [0.4, 0.5) is 0 Å². The van der Waals surface area contributed by atoms with E-state index in [4.69, 9.17) is 23.2 Å². The molecule has 1 saturated heterocycles. The number of piperazine rings is 1. The third-order valence-electron chi connectivity index (χ3n) is 5.05. The van der Waals surface area contributed by atoms with Gasteiger partial charge in [-0.2, -0.15) is 0 Å². The van der Waals surface area contributed by atoms with E-state index in [1.54, 1.807) is 13.1 Å². The zero-order valence-electron chi connectivity index (χ0n) is 16.2. The Balaban J connectivity index is 1.83. The van der Waals surface area contributed by atoms with Crippen molar-refractivity contribution >= 4 is 29.2 Å². The lowest BCUT2D eigenvalue weighted by atomic mass is 10.1. The van der Waals surface area contributed by atoms with Gasteiger partial charge in [0.15, 0.2) is 5.96 Å². The van der Waals surface area contributed by atoms with Crippen LogP contribution in [0.3, 0.4) is 0 Å². The van der Waals surface area contributed by atoms with Gasteiger partial charge in [0.05, 0.1) is 6.04 Å². The molecule has 2 N–H and O–H groups in total. The molecule has 0 spiro atoms. The Labute approximate surface area is 167 Å². The summed E-state index contributed by atoms with van der Waals surface area (Å²) in [6, 6.07) is 6.07. The topological polar surface area (TPSA) is 42.9 Å². The van der Waals surface area contributed by atoms with Gasteiger partial charge in [0.25, 0.3) is 0 Å². The fourth-order valence-electron chi connectivity index (χ4n) is 3.22. The number of guanidine groups is 1. The van der Waals surface area contributed by atoms with Crippen LogP contribution in [0.15, 0.2) is 23.2 Å². The summed E-state index contributed by atoms with van der Waals surface area (Å²) in [7, 11) is 1.79. The first-order chi connectivity index (χ1) is 12.4. The van der Waals surface area contributed by atoms with Crippen molar-refractivity contribution in [2.45, 2.75) is 32.9 Å². The molecule has 2 unspecified atom stereocenters. The molecule has 0 aromatic heterocycles. The SMILES string of the molecule is CCN1CCN(C(C)CNC(=NC)NC(C)c2ccc(Cl)cc2Cl)CC1. The molecular weight excluding hydrogens is 369 g/mol. The molecule has 0 bridgehead atoms. The highest BCUT2D eigenvalue weighted by atomic mass is 35.5. The molecule has 7 heteroatoms. The van der Waals surface area contributed by atoms with Gasteiger partial charge in [-0.1, -0.05) is 36.2 Å². The summed E-state index contributed by atoms with van der Waals surface area (Å²) < 4.78 is 0. The van der Waals surface area contributed by atoms with E-state index >= 15 is 0 Å². The largest absolute Gasteiger partial charge is 0.355 e. The Bertz CT molecular complexity index is 600. The minimum absolute atomic E-state index is 0.0365. The van der Waals surface area contributed by atoms with Crippen LogP contribution in [0.5, 0.6) is 0 Å². The molecule has 1 aromatic carbocycles. The summed E-state index contributed by atoms with van der Waals surface area (Å²) >= 11 is 12.3. The van der Waals surface area contributed by atoms with Crippen molar-refractivity contribution in [3.8, 4) is 0 Å². The molecule has 5 nitrogen and oxygen atoms in total. The number of nitrogens with one attached hydrogen (secondary N) is 2. The van der Waals surface area contributed by atoms with Crippen LogP contribution in [0.25, 0.3) is 0 Å². The highest BCUT2D eigenvalue weighted by Gasteiger charge is 2.20. The van der Waals surface area contributed by atoms with Crippen molar-refractivity contribution in [3.63, 3.8) is 0 Å². The fraction of sp³-hybridized carbons (Fsp3) is 0.632. The van der Waals surface area contributed by atoms with Crippen LogP contribution >= 0.6 is 23.2 Å². The Hall–Kier alpha value is -1.01. The van der Waals surface area contributed by atoms with Crippen molar-refractivity contribution in [2.24, 2.45) is 4.99 Å². The number of nitrogens with zero attached hydrogens (tertiary/aromatic N) is 3. The zero-order chi connectivity index (χ0) is 19.1. The Morgan fingerprint density at radius 1 is 1.19 bits per heavy atom. The van der Waals surface area contributed by atoms with Crippen LogP contribution in [-0.4, -0.2) is 68.1 Å². The Kier molecular flexibility index (Phi) is 8.48. The van der Waals surface area contributed by atoms with E-state index in [0.717, 1.165) is 50.8 Å². The summed E-state index contributed by atoms with van der Waals surface area (Å²) in [5.41, 5.74) is 1.00. The highest BCUT2D eigenvalue weighted by molar-refractivity contribution is 6.35. The van der Waals surface area contributed by atoms with Gasteiger partial charge in [-0.05, 0) is 38.1 Å². The molecule has 26 heavy (non-hydrogen) atoms.